The van der Waals surface area contributed by atoms with Gasteiger partial charge in [0.25, 0.3) is 0 Å². The number of benzene rings is 2. The van der Waals surface area contributed by atoms with Crippen LogP contribution in [0.5, 0.6) is 23.0 Å². The van der Waals surface area contributed by atoms with Gasteiger partial charge in [-0.15, -0.1) is 0 Å². The Kier molecular flexibility index (Phi) is 10.5. The molecule has 0 bridgehead atoms. The third kappa shape index (κ3) is 7.48. The van der Waals surface area contributed by atoms with Crippen LogP contribution in [0.15, 0.2) is 36.5 Å². The van der Waals surface area contributed by atoms with Crippen LogP contribution in [0.3, 0.4) is 0 Å². The zero-order valence-electron chi connectivity index (χ0n) is 19.4. The van der Waals surface area contributed by atoms with Gasteiger partial charge in [0, 0.05) is 12.0 Å². The van der Waals surface area contributed by atoms with Gasteiger partial charge in [0.2, 0.25) is 11.6 Å². The summed E-state index contributed by atoms with van der Waals surface area (Å²) in [6.07, 6.45) is 2.30. The maximum absolute atomic E-state index is 10.7. The average molecular weight is 571 g/mol. The van der Waals surface area contributed by atoms with Crippen LogP contribution < -0.4 is 39.1 Å². The summed E-state index contributed by atoms with van der Waals surface area (Å²) in [6.45, 7) is 0. The van der Waals surface area contributed by atoms with Crippen LogP contribution in [0.2, 0.25) is 0 Å². The van der Waals surface area contributed by atoms with E-state index >= 15 is 0 Å². The first-order valence-electron chi connectivity index (χ1n) is 9.64. The molecule has 1 aromatic heterocycles. The van der Waals surface area contributed by atoms with Crippen LogP contribution in [0, 0.1) is 10.1 Å². The van der Waals surface area contributed by atoms with Crippen molar-refractivity contribution in [1.82, 2.24) is 4.98 Å². The zero-order valence-corrected chi connectivity index (χ0v) is 21.3. The number of aromatic nitrogens is 2. The van der Waals surface area contributed by atoms with Crippen molar-refractivity contribution in [3.05, 3.63) is 57.8 Å². The van der Waals surface area contributed by atoms with E-state index in [1.807, 2.05) is 12.1 Å². The van der Waals surface area contributed by atoms with Crippen LogP contribution in [0.4, 0.5) is 17.5 Å². The molecular formula is C20H26AsN5O10. The molecule has 0 amide bonds. The molecule has 0 aliphatic carbocycles. The normalized spacial score (nSPS) is 11.7. The summed E-state index contributed by atoms with van der Waals surface area (Å²) in [6, 6.07) is 6.10. The summed E-state index contributed by atoms with van der Waals surface area (Å²) in [5, 5.41) is 19.2. The first-order valence-corrected chi connectivity index (χ1v) is 12.9. The second kappa shape index (κ2) is 12.6. The van der Waals surface area contributed by atoms with Gasteiger partial charge in [-0.2, -0.15) is 0 Å². The molecule has 3 rings (SSSR count). The Labute approximate surface area is 207 Å². The van der Waals surface area contributed by atoms with Crippen molar-refractivity contribution in [2.75, 3.05) is 32.8 Å². The molecule has 0 saturated carbocycles. The van der Waals surface area contributed by atoms with Crippen LogP contribution in [0.25, 0.3) is 0 Å². The van der Waals surface area contributed by atoms with Crippen LogP contribution in [-0.4, -0.2) is 60.1 Å². The van der Waals surface area contributed by atoms with Crippen LogP contribution in [-0.2, 0) is 10.2 Å². The Morgan fingerprint density at radius 1 is 1.11 bits per heavy atom. The summed E-state index contributed by atoms with van der Waals surface area (Å²) in [5.74, 6) is 1.76. The molecule has 16 heteroatoms. The third-order valence-electron chi connectivity index (χ3n) is 4.57. The van der Waals surface area contributed by atoms with Crippen LogP contribution >= 0.6 is 0 Å². The topological polar surface area (TPSA) is 262 Å². The molecule has 9 N–H and O–H groups in total. The molecule has 15 nitrogen and oxygen atoms in total. The fourth-order valence-electron chi connectivity index (χ4n) is 2.90. The monoisotopic (exact) mass is 571 g/mol. The van der Waals surface area contributed by atoms with Crippen molar-refractivity contribution in [1.29, 1.82) is 0 Å². The van der Waals surface area contributed by atoms with Gasteiger partial charge in [-0.3, -0.25) is 5.73 Å². The number of nitro groups is 1. The molecule has 1 atom stereocenters. The number of nitrogens with zero attached hydrogens (tertiary/aromatic N) is 2. The van der Waals surface area contributed by atoms with Gasteiger partial charge in [0.05, 0.1) is 27.5 Å². The summed E-state index contributed by atoms with van der Waals surface area (Å²) >= 11 is -5.38. The number of phenolic OH excluding ortho intramolecular Hbond substituents is 1. The number of aromatic amines is 1. The van der Waals surface area contributed by atoms with Gasteiger partial charge in [-0.25, -0.2) is 4.98 Å². The van der Waals surface area contributed by atoms with E-state index in [1.54, 1.807) is 27.5 Å². The summed E-state index contributed by atoms with van der Waals surface area (Å²) in [4.78, 5) is 16.2. The number of anilines is 2. The fraction of sp³-hybridized carbons (Fsp3) is 0.200. The van der Waals surface area contributed by atoms with E-state index in [0.29, 0.717) is 35.6 Å². The molecule has 3 aromatic rings. The molecule has 0 aliphatic heterocycles. The molecule has 1 heterocycles. The number of nitrogens with two attached hydrogens (primary N) is 2. The molecule has 0 aliphatic rings. The standard InChI is InChI=1S/C14H18N4O3.C6H6AsNO6.H2O/c1-19-10-5-8(6-11(20-2)12(10)21-3)4-9-7-17-14(16)18-13(9)15;9-6-2-1-4(7(10,11)12)3-5(6)8(13)14;/h5-7H,4H2,1-3H3,(H4,15,16,17,18);1-3,9H,(H2,10,11,12);1H2. The summed E-state index contributed by atoms with van der Waals surface area (Å²) < 4.78 is 45.4. The number of phenols is 1. The number of hydrogen-bond acceptors (Lipinski definition) is 11. The predicted molar refractivity (Wildman–Crippen MR) is 125 cm³/mol. The second-order valence-corrected chi connectivity index (χ2v) is 10.1. The van der Waals surface area contributed by atoms with Crippen molar-refractivity contribution < 1.29 is 46.6 Å². The number of ether oxygens (including phenoxy) is 3. The van der Waals surface area contributed by atoms with Gasteiger partial charge in [0.1, 0.15) is 0 Å². The molecule has 0 saturated heterocycles. The fourth-order valence-corrected chi connectivity index (χ4v) is 4.05. The first-order chi connectivity index (χ1) is 16.4. The molecule has 0 fully saturated rings. The predicted octanol–water partition coefficient (Wildman–Crippen LogP) is -1.92. The van der Waals surface area contributed by atoms with E-state index in [-0.39, 0.29) is 11.4 Å². The number of methoxy groups -OCH3 is 3. The Morgan fingerprint density at radius 3 is 2.14 bits per heavy atom. The molecule has 2 aromatic carbocycles. The Hall–Kier alpha value is -4.04. The summed E-state index contributed by atoms with van der Waals surface area (Å²) in [7, 11) is 4.72. The molecule has 0 spiro atoms. The molecular weight excluding hydrogens is 545 g/mol. The zero-order chi connectivity index (χ0) is 26.3. The Morgan fingerprint density at radius 2 is 1.69 bits per heavy atom. The Bertz CT molecular complexity index is 1240. The van der Waals surface area contributed by atoms with Gasteiger partial charge >= 0.3 is 86.2 Å². The quantitative estimate of drug-likeness (QED) is 0.137. The van der Waals surface area contributed by atoms with Gasteiger partial charge in [-0.05, 0) is 17.7 Å². The third-order valence-corrected chi connectivity index (χ3v) is 6.52. The van der Waals surface area contributed by atoms with Crippen molar-refractivity contribution in [3.8, 4) is 23.0 Å². The van der Waals surface area contributed by atoms with E-state index in [2.05, 4.69) is 9.97 Å². The van der Waals surface area contributed by atoms with Crippen LogP contribution in [0.1, 0.15) is 11.1 Å². The van der Waals surface area contributed by atoms with Gasteiger partial charge in [-0.1, -0.05) is 4.98 Å². The van der Waals surface area contributed by atoms with Crippen molar-refractivity contribution in [3.63, 3.8) is 0 Å². The molecule has 196 valence electrons. The van der Waals surface area contributed by atoms with E-state index < -0.39 is 34.9 Å². The van der Waals surface area contributed by atoms with E-state index in [0.717, 1.165) is 23.3 Å². The number of nitrogen functional groups attached to an aromatic ring is 2. The van der Waals surface area contributed by atoms with Gasteiger partial charge < -0.3 is 25.4 Å². The molecule has 1 unspecified atom stereocenters. The van der Waals surface area contributed by atoms with Crippen molar-refractivity contribution >= 4 is 36.0 Å². The van der Waals surface area contributed by atoms with Crippen molar-refractivity contribution in [2.45, 2.75) is 6.42 Å². The summed E-state index contributed by atoms with van der Waals surface area (Å²) in [5.41, 5.74) is 12.4. The number of hydrogen-bond donors (Lipinski definition) is 4. The number of nitro benzene ring substituents is 1. The number of H-pyrrole nitrogens is 1. The number of aromatic hydroxyl groups is 1. The number of rotatable bonds is 7. The van der Waals surface area contributed by atoms with Crippen molar-refractivity contribution in [2.24, 2.45) is 0 Å². The molecule has 0 radical (unpaired) electrons. The average Bonchev–Trinajstić information content (AvgIpc) is 2.80. The SMILES string of the molecule is COc1cc(Cc2c[nH+]c(N)nc2N)cc(OC)c1OC.O.O=[N+]([O-])c1cc([As](=O)([O-])O)ccc1O. The maximum atomic E-state index is 10.7. The van der Waals surface area contributed by atoms with E-state index in [9.17, 15) is 17.9 Å². The van der Waals surface area contributed by atoms with E-state index in [1.165, 1.54) is 0 Å². The number of nitrogens with one attached hydrogen (secondary N) is 1. The Balaban J connectivity index is 0.000000379. The van der Waals surface area contributed by atoms with Gasteiger partial charge in [0.15, 0.2) is 11.5 Å². The first kappa shape index (κ1) is 30.0. The molecule has 36 heavy (non-hydrogen) atoms. The van der Waals surface area contributed by atoms with E-state index in [4.69, 9.17) is 34.9 Å². The minimum absolute atomic E-state index is 0. The minimum atomic E-state index is -5.38. The second-order valence-electron chi connectivity index (χ2n) is 6.86.